The Morgan fingerprint density at radius 1 is 0.975 bits per heavy atom. The molecule has 3 rings (SSSR count). The molecule has 4 bridgehead atoms. The van der Waals surface area contributed by atoms with Crippen LogP contribution in [0.4, 0.5) is 13.2 Å². The van der Waals surface area contributed by atoms with E-state index in [2.05, 4.69) is 16.0 Å². The third-order valence-corrected chi connectivity index (χ3v) is 6.04. The molecule has 4 amide bonds. The van der Waals surface area contributed by atoms with Crippen molar-refractivity contribution in [2.75, 3.05) is 6.54 Å². The Bertz CT molecular complexity index is 1230. The molecule has 9 nitrogen and oxygen atoms in total. The minimum absolute atomic E-state index is 0.0659. The van der Waals surface area contributed by atoms with Crippen molar-refractivity contribution in [1.82, 2.24) is 21.3 Å². The lowest BCUT2D eigenvalue weighted by molar-refractivity contribution is -0.141. The van der Waals surface area contributed by atoms with E-state index in [4.69, 9.17) is 4.74 Å². The number of ether oxygens (including phenoxy) is 1. The maximum Gasteiger partial charge on any atom is 0.405 e. The van der Waals surface area contributed by atoms with Crippen LogP contribution < -0.4 is 26.0 Å². The molecule has 0 spiro atoms. The molecule has 2 aromatic carbocycles. The van der Waals surface area contributed by atoms with Gasteiger partial charge in [0.05, 0.1) is 0 Å². The smallest absolute Gasteiger partial charge is 0.405 e. The van der Waals surface area contributed by atoms with Gasteiger partial charge in [0, 0.05) is 19.8 Å². The van der Waals surface area contributed by atoms with E-state index in [0.717, 1.165) is 0 Å². The molecule has 1 heterocycles. The fourth-order valence-electron chi connectivity index (χ4n) is 4.30. The van der Waals surface area contributed by atoms with Gasteiger partial charge in [-0.1, -0.05) is 38.1 Å². The highest BCUT2D eigenvalue weighted by Crippen LogP contribution is 2.25. The maximum atomic E-state index is 13.4. The van der Waals surface area contributed by atoms with Gasteiger partial charge in [-0.05, 0) is 47.7 Å². The molecule has 216 valence electrons. The molecule has 0 aliphatic carbocycles. The number of halogens is 3. The lowest BCUT2D eigenvalue weighted by Gasteiger charge is -2.26. The van der Waals surface area contributed by atoms with Gasteiger partial charge in [-0.15, -0.1) is 0 Å². The number of alkyl halides is 3. The summed E-state index contributed by atoms with van der Waals surface area (Å²) < 4.78 is 44.4. The number of fused-ring (bicyclic) bond motifs is 4. The first-order valence-corrected chi connectivity index (χ1v) is 12.9. The number of hydrogen-bond donors (Lipinski definition) is 4. The lowest BCUT2D eigenvalue weighted by atomic mass is 9.99. The molecule has 0 saturated carbocycles. The SMILES string of the molecule is CC(=O)N[C@H]1Cc2cccc(c2)Oc2cccc(c2)C[C@@H](C(=O)NCC(F)(F)F)NC(=O)[C@H](CC(C)C)NC1=O. The van der Waals surface area contributed by atoms with E-state index in [1.807, 2.05) is 19.2 Å². The molecule has 0 unspecified atom stereocenters. The van der Waals surface area contributed by atoms with Crippen molar-refractivity contribution in [2.24, 2.45) is 5.92 Å². The topological polar surface area (TPSA) is 126 Å². The summed E-state index contributed by atoms with van der Waals surface area (Å²) in [6, 6.07) is 10.0. The van der Waals surface area contributed by atoms with Gasteiger partial charge >= 0.3 is 6.18 Å². The highest BCUT2D eigenvalue weighted by atomic mass is 19.4. The van der Waals surface area contributed by atoms with E-state index in [0.29, 0.717) is 22.6 Å². The van der Waals surface area contributed by atoms with Crippen LogP contribution in [0, 0.1) is 5.92 Å². The molecule has 0 radical (unpaired) electrons. The van der Waals surface area contributed by atoms with Crippen molar-refractivity contribution in [3.8, 4) is 11.5 Å². The maximum absolute atomic E-state index is 13.4. The van der Waals surface area contributed by atoms with Crippen molar-refractivity contribution in [3.63, 3.8) is 0 Å². The minimum atomic E-state index is -4.65. The Labute approximate surface area is 230 Å². The Morgan fingerprint density at radius 2 is 1.57 bits per heavy atom. The van der Waals surface area contributed by atoms with Gasteiger partial charge in [0.1, 0.15) is 36.2 Å². The quantitative estimate of drug-likeness (QED) is 0.446. The predicted octanol–water partition coefficient (Wildman–Crippen LogP) is 2.78. The Morgan fingerprint density at radius 3 is 2.12 bits per heavy atom. The second-order valence-electron chi connectivity index (χ2n) is 10.1. The van der Waals surface area contributed by atoms with E-state index >= 15 is 0 Å². The summed E-state index contributed by atoms with van der Waals surface area (Å²) in [4.78, 5) is 51.4. The van der Waals surface area contributed by atoms with E-state index in [1.54, 1.807) is 48.5 Å². The minimum Gasteiger partial charge on any atom is -0.457 e. The average Bonchev–Trinajstić information content (AvgIpc) is 2.85. The second-order valence-corrected chi connectivity index (χ2v) is 10.1. The molecule has 4 N–H and O–H groups in total. The standard InChI is InChI=1S/C28H33F3N4O5/c1-16(2)10-22-26(38)35-23(25(37)32-15-28(29,30)31)13-18-6-4-8-20(11-18)40-21-9-5-7-19(12-21)14-24(27(39)34-22)33-17(3)36/h4-9,11-12,16,22-24H,10,13-15H2,1-3H3,(H,32,37)(H,33,36)(H,34,39)(H,35,38)/t22-,23-,24-/m0/s1. The van der Waals surface area contributed by atoms with Crippen LogP contribution in [-0.4, -0.2) is 54.5 Å². The van der Waals surface area contributed by atoms with E-state index < -0.39 is 54.5 Å². The van der Waals surface area contributed by atoms with Gasteiger partial charge in [0.2, 0.25) is 23.6 Å². The monoisotopic (exact) mass is 562 g/mol. The van der Waals surface area contributed by atoms with Gasteiger partial charge in [-0.25, -0.2) is 0 Å². The zero-order valence-corrected chi connectivity index (χ0v) is 22.4. The van der Waals surface area contributed by atoms with Crippen LogP contribution in [0.5, 0.6) is 11.5 Å². The summed E-state index contributed by atoms with van der Waals surface area (Å²) in [5.41, 5.74) is 1.23. The highest BCUT2D eigenvalue weighted by Gasteiger charge is 2.33. The lowest BCUT2D eigenvalue weighted by Crippen LogP contribution is -2.58. The van der Waals surface area contributed by atoms with Crippen molar-refractivity contribution < 1.29 is 37.1 Å². The summed E-state index contributed by atoms with van der Waals surface area (Å²) in [5, 5.41) is 9.60. The number of benzene rings is 2. The van der Waals surface area contributed by atoms with Crippen LogP contribution in [0.25, 0.3) is 0 Å². The number of amides is 4. The van der Waals surface area contributed by atoms with Crippen LogP contribution in [-0.2, 0) is 32.0 Å². The van der Waals surface area contributed by atoms with Crippen LogP contribution >= 0.6 is 0 Å². The van der Waals surface area contributed by atoms with Crippen molar-refractivity contribution in [2.45, 2.75) is 64.3 Å². The molecule has 1 aliphatic rings. The Hall–Kier alpha value is -4.09. The summed E-state index contributed by atoms with van der Waals surface area (Å²) in [6.07, 6.45) is -4.50. The molecule has 40 heavy (non-hydrogen) atoms. The highest BCUT2D eigenvalue weighted by molar-refractivity contribution is 5.94. The summed E-state index contributed by atoms with van der Waals surface area (Å²) in [6.45, 7) is 3.35. The zero-order valence-electron chi connectivity index (χ0n) is 22.4. The molecule has 2 aromatic rings. The van der Waals surface area contributed by atoms with Crippen molar-refractivity contribution in [1.29, 1.82) is 0 Å². The normalized spacial score (nSPS) is 20.1. The van der Waals surface area contributed by atoms with Crippen LogP contribution in [0.15, 0.2) is 48.5 Å². The van der Waals surface area contributed by atoms with E-state index in [9.17, 15) is 32.3 Å². The van der Waals surface area contributed by atoms with Gasteiger partial charge in [-0.3, -0.25) is 19.2 Å². The molecule has 0 aromatic heterocycles. The third kappa shape index (κ3) is 9.58. The zero-order chi connectivity index (χ0) is 29.4. The number of carbonyl (C=O) groups is 4. The van der Waals surface area contributed by atoms with Gasteiger partial charge in [0.25, 0.3) is 0 Å². The van der Waals surface area contributed by atoms with Gasteiger partial charge in [0.15, 0.2) is 0 Å². The summed E-state index contributed by atoms with van der Waals surface area (Å²) >= 11 is 0. The molecule has 3 atom stereocenters. The van der Waals surface area contributed by atoms with Crippen LogP contribution in [0.3, 0.4) is 0 Å². The number of hydrogen-bond acceptors (Lipinski definition) is 5. The Balaban J connectivity index is 2.03. The van der Waals surface area contributed by atoms with Gasteiger partial charge < -0.3 is 26.0 Å². The van der Waals surface area contributed by atoms with Gasteiger partial charge in [-0.2, -0.15) is 13.2 Å². The average molecular weight is 563 g/mol. The molecule has 1 aliphatic heterocycles. The molecular formula is C28H33F3N4O5. The summed E-state index contributed by atoms with van der Waals surface area (Å²) in [5.74, 6) is -2.06. The summed E-state index contributed by atoms with van der Waals surface area (Å²) in [7, 11) is 0. The van der Waals surface area contributed by atoms with Crippen LogP contribution in [0.1, 0.15) is 38.3 Å². The predicted molar refractivity (Wildman–Crippen MR) is 140 cm³/mol. The first-order chi connectivity index (χ1) is 18.8. The fourth-order valence-corrected chi connectivity index (χ4v) is 4.30. The fraction of sp³-hybridized carbons (Fsp3) is 0.429. The molecule has 0 saturated heterocycles. The first-order valence-electron chi connectivity index (χ1n) is 12.9. The number of rotatable bonds is 5. The number of carbonyl (C=O) groups excluding carboxylic acids is 4. The first kappa shape index (κ1) is 30.5. The van der Waals surface area contributed by atoms with Crippen molar-refractivity contribution >= 4 is 23.6 Å². The molecule has 12 heteroatoms. The second kappa shape index (κ2) is 13.3. The van der Waals surface area contributed by atoms with E-state index in [-0.39, 0.29) is 25.2 Å². The number of nitrogens with one attached hydrogen (secondary N) is 4. The van der Waals surface area contributed by atoms with Crippen LogP contribution in [0.2, 0.25) is 0 Å². The van der Waals surface area contributed by atoms with E-state index in [1.165, 1.54) is 6.92 Å². The third-order valence-electron chi connectivity index (χ3n) is 6.04. The molecule has 0 fully saturated rings. The van der Waals surface area contributed by atoms with Crippen molar-refractivity contribution in [3.05, 3.63) is 59.7 Å². The largest absolute Gasteiger partial charge is 0.457 e. The Kier molecular flexibility index (Phi) is 10.1. The molecular weight excluding hydrogens is 529 g/mol.